The maximum absolute atomic E-state index is 13.2. The van der Waals surface area contributed by atoms with Gasteiger partial charge in [0.15, 0.2) is 0 Å². The van der Waals surface area contributed by atoms with Gasteiger partial charge in [-0.2, -0.15) is 5.10 Å². The molecule has 1 saturated carbocycles. The first-order valence-electron chi connectivity index (χ1n) is 10.3. The molecule has 1 heterocycles. The van der Waals surface area contributed by atoms with Crippen molar-refractivity contribution in [1.82, 2.24) is 20.5 Å². The van der Waals surface area contributed by atoms with Crippen molar-refractivity contribution in [2.24, 2.45) is 7.05 Å². The smallest absolute Gasteiger partial charge is 0.282 e. The quantitative estimate of drug-likeness (QED) is 0.442. The summed E-state index contributed by atoms with van der Waals surface area (Å²) in [5.41, 5.74) is 5.95. The van der Waals surface area contributed by atoms with Crippen LogP contribution in [0.3, 0.4) is 0 Å². The summed E-state index contributed by atoms with van der Waals surface area (Å²) >= 11 is 5.97. The van der Waals surface area contributed by atoms with Gasteiger partial charge in [-0.05, 0) is 43.0 Å². The van der Waals surface area contributed by atoms with Crippen LogP contribution < -0.4 is 16.2 Å². The molecule has 0 radical (unpaired) electrons. The lowest BCUT2D eigenvalue weighted by Gasteiger charge is -2.40. The van der Waals surface area contributed by atoms with Gasteiger partial charge in [0.2, 0.25) is 0 Å². The third-order valence-corrected chi connectivity index (χ3v) is 5.95. The molecule has 3 N–H and O–H groups in total. The third-order valence-electron chi connectivity index (χ3n) is 5.70. The maximum Gasteiger partial charge on any atom is 0.282 e. The minimum Gasteiger partial charge on any atom is -0.337 e. The molecule has 0 atom stereocenters. The normalized spacial score (nSPS) is 14.5. The maximum atomic E-state index is 13.2. The molecule has 7 nitrogen and oxygen atoms in total. The van der Waals surface area contributed by atoms with Gasteiger partial charge in [0.25, 0.3) is 18.2 Å². The summed E-state index contributed by atoms with van der Waals surface area (Å²) in [4.78, 5) is 25.8. The molecule has 172 valence electrons. The minimum atomic E-state index is -2.90. The Morgan fingerprint density at radius 2 is 1.82 bits per heavy atom. The lowest BCUT2D eigenvalue weighted by atomic mass is 9.76. The van der Waals surface area contributed by atoms with E-state index in [-0.39, 0.29) is 5.56 Å². The number of carbonyl (C=O) groups is 2. The zero-order chi connectivity index (χ0) is 23.6. The zero-order valence-electron chi connectivity index (χ0n) is 17.7. The van der Waals surface area contributed by atoms with Crippen molar-refractivity contribution in [3.63, 3.8) is 0 Å². The van der Waals surface area contributed by atoms with E-state index >= 15 is 0 Å². The number of hydrogen-bond donors (Lipinski definition) is 3. The Hall–Kier alpha value is -3.46. The van der Waals surface area contributed by atoms with E-state index in [2.05, 4.69) is 21.3 Å². The van der Waals surface area contributed by atoms with Crippen molar-refractivity contribution in [3.05, 3.63) is 71.0 Å². The highest BCUT2D eigenvalue weighted by Gasteiger charge is 2.46. The number of para-hydroxylation sites is 1. The lowest BCUT2D eigenvalue weighted by molar-refractivity contribution is -0.130. The summed E-state index contributed by atoms with van der Waals surface area (Å²) in [6.45, 7) is 0. The number of hydrazine groups is 1. The number of nitrogens with one attached hydrogen (secondary N) is 3. The minimum absolute atomic E-state index is 0.243. The largest absolute Gasteiger partial charge is 0.337 e. The number of benzene rings is 2. The first-order chi connectivity index (χ1) is 15.8. The Kier molecular flexibility index (Phi) is 6.33. The first-order valence-corrected chi connectivity index (χ1v) is 10.7. The van der Waals surface area contributed by atoms with Crippen LogP contribution in [-0.4, -0.2) is 27.1 Å². The van der Waals surface area contributed by atoms with Crippen LogP contribution in [0.1, 0.15) is 41.7 Å². The Morgan fingerprint density at radius 1 is 1.12 bits per heavy atom. The van der Waals surface area contributed by atoms with Crippen LogP contribution >= 0.6 is 11.6 Å². The fourth-order valence-corrected chi connectivity index (χ4v) is 3.91. The Labute approximate surface area is 194 Å². The van der Waals surface area contributed by atoms with Crippen LogP contribution in [0.5, 0.6) is 0 Å². The fourth-order valence-electron chi connectivity index (χ4n) is 3.78. The van der Waals surface area contributed by atoms with Gasteiger partial charge in [-0.25, -0.2) is 8.78 Å². The van der Waals surface area contributed by atoms with Gasteiger partial charge in [0.1, 0.15) is 11.2 Å². The van der Waals surface area contributed by atoms with Gasteiger partial charge in [-0.3, -0.25) is 25.1 Å². The molecule has 1 aliphatic rings. The second-order valence-electron chi connectivity index (χ2n) is 7.92. The number of aryl methyl sites for hydroxylation is 1. The number of halogens is 3. The number of alkyl halides is 2. The molecule has 4 rings (SSSR count). The van der Waals surface area contributed by atoms with E-state index in [1.807, 2.05) is 30.3 Å². The summed E-state index contributed by atoms with van der Waals surface area (Å²) in [6.07, 6.45) is -0.153. The van der Waals surface area contributed by atoms with Gasteiger partial charge in [0, 0.05) is 23.8 Å². The number of carbonyl (C=O) groups excluding carboxylic acids is 2. The number of anilines is 1. The highest BCUT2D eigenvalue weighted by Crippen LogP contribution is 2.34. The summed E-state index contributed by atoms with van der Waals surface area (Å²) < 4.78 is 27.6. The van der Waals surface area contributed by atoms with Crippen LogP contribution in [0.15, 0.2) is 54.7 Å². The van der Waals surface area contributed by atoms with Crippen LogP contribution in [0.2, 0.25) is 5.02 Å². The molecule has 1 aliphatic carbocycles. The Morgan fingerprint density at radius 3 is 2.45 bits per heavy atom. The third kappa shape index (κ3) is 4.68. The molecule has 10 heteroatoms. The molecule has 1 fully saturated rings. The first kappa shape index (κ1) is 22.7. The topological polar surface area (TPSA) is 88.0 Å². The Balaban J connectivity index is 1.48. The van der Waals surface area contributed by atoms with E-state index in [1.165, 1.54) is 13.2 Å². The number of hydrogen-bond acceptors (Lipinski definition) is 4. The summed E-state index contributed by atoms with van der Waals surface area (Å²) in [5.74, 6) is -1.20. The average Bonchev–Trinajstić information content (AvgIpc) is 3.17. The van der Waals surface area contributed by atoms with Crippen molar-refractivity contribution < 1.29 is 18.4 Å². The SMILES string of the molecule is Cn1cc(C(=O)NC2(C(=O)NNc3ccccc3-c3ccc(Cl)cc3)CCC2)c(C(F)F)n1. The van der Waals surface area contributed by atoms with Crippen LogP contribution in [0, 0.1) is 0 Å². The molecule has 0 unspecified atom stereocenters. The second-order valence-corrected chi connectivity index (χ2v) is 8.36. The van der Waals surface area contributed by atoms with E-state index < -0.39 is 29.5 Å². The van der Waals surface area contributed by atoms with Gasteiger partial charge in [-0.15, -0.1) is 0 Å². The molecule has 0 spiro atoms. The molecule has 2 amide bonds. The van der Waals surface area contributed by atoms with Crippen molar-refractivity contribution >= 4 is 29.1 Å². The number of rotatable bonds is 7. The van der Waals surface area contributed by atoms with E-state index in [9.17, 15) is 18.4 Å². The van der Waals surface area contributed by atoms with Crippen LogP contribution in [-0.2, 0) is 11.8 Å². The fraction of sp³-hybridized carbons (Fsp3) is 0.261. The van der Waals surface area contributed by atoms with E-state index in [0.29, 0.717) is 23.6 Å². The van der Waals surface area contributed by atoms with Crippen molar-refractivity contribution in [2.45, 2.75) is 31.2 Å². The summed E-state index contributed by atoms with van der Waals surface area (Å²) in [7, 11) is 1.45. The Bertz CT molecular complexity index is 1180. The number of nitrogens with zero attached hydrogens (tertiary/aromatic N) is 2. The summed E-state index contributed by atoms with van der Waals surface area (Å²) in [6, 6.07) is 14.7. The average molecular weight is 474 g/mol. The molecule has 0 saturated heterocycles. The highest BCUT2D eigenvalue weighted by atomic mass is 35.5. The van der Waals surface area contributed by atoms with Gasteiger partial charge >= 0.3 is 0 Å². The monoisotopic (exact) mass is 473 g/mol. The van der Waals surface area contributed by atoms with Crippen molar-refractivity contribution in [2.75, 3.05) is 5.43 Å². The van der Waals surface area contributed by atoms with E-state index in [1.54, 1.807) is 18.2 Å². The molecule has 33 heavy (non-hydrogen) atoms. The predicted molar refractivity (Wildman–Crippen MR) is 121 cm³/mol. The van der Waals surface area contributed by atoms with Gasteiger partial charge < -0.3 is 5.32 Å². The molecule has 0 bridgehead atoms. The van der Waals surface area contributed by atoms with Crippen molar-refractivity contribution in [1.29, 1.82) is 0 Å². The molecular formula is C23H22ClF2N5O2. The van der Waals surface area contributed by atoms with E-state index in [0.717, 1.165) is 22.2 Å². The predicted octanol–water partition coefficient (Wildman–Crippen LogP) is 4.47. The molecular weight excluding hydrogens is 452 g/mol. The van der Waals surface area contributed by atoms with Crippen LogP contribution in [0.25, 0.3) is 11.1 Å². The number of amides is 2. The second kappa shape index (κ2) is 9.19. The molecule has 0 aliphatic heterocycles. The van der Waals surface area contributed by atoms with Crippen molar-refractivity contribution in [3.8, 4) is 11.1 Å². The standard InChI is InChI=1S/C23H22ClF2N5O2/c1-31-13-17(19(30-31)20(25)26)21(32)27-23(11-4-12-23)22(33)29-28-18-6-3-2-5-16(18)14-7-9-15(24)10-8-14/h2-3,5-10,13,20,28H,4,11-12H2,1H3,(H,27,32)(H,29,33). The molecule has 2 aromatic carbocycles. The molecule has 1 aromatic heterocycles. The number of aromatic nitrogens is 2. The van der Waals surface area contributed by atoms with Gasteiger partial charge in [-0.1, -0.05) is 41.9 Å². The van der Waals surface area contributed by atoms with E-state index in [4.69, 9.17) is 11.6 Å². The zero-order valence-corrected chi connectivity index (χ0v) is 18.5. The summed E-state index contributed by atoms with van der Waals surface area (Å²) in [5, 5.41) is 6.92. The van der Waals surface area contributed by atoms with Crippen LogP contribution in [0.4, 0.5) is 14.5 Å². The lowest BCUT2D eigenvalue weighted by Crippen LogP contribution is -2.63. The molecule has 3 aromatic rings. The van der Waals surface area contributed by atoms with Gasteiger partial charge in [0.05, 0.1) is 11.3 Å². The highest BCUT2D eigenvalue weighted by molar-refractivity contribution is 6.30.